The number of alkyl halides is 3. The Morgan fingerprint density at radius 3 is 2.47 bits per heavy atom. The number of halogens is 3. The molecular formula is C21H29F3N6O2. The van der Waals surface area contributed by atoms with Gasteiger partial charge < -0.3 is 10.6 Å². The van der Waals surface area contributed by atoms with Gasteiger partial charge in [0.1, 0.15) is 0 Å². The van der Waals surface area contributed by atoms with E-state index in [4.69, 9.17) is 0 Å². The van der Waals surface area contributed by atoms with Crippen LogP contribution < -0.4 is 10.6 Å². The molecule has 0 radical (unpaired) electrons. The van der Waals surface area contributed by atoms with Crippen LogP contribution in [-0.4, -0.2) is 37.9 Å². The Morgan fingerprint density at radius 2 is 1.91 bits per heavy atom. The van der Waals surface area contributed by atoms with E-state index in [0.29, 0.717) is 18.8 Å². The van der Waals surface area contributed by atoms with Gasteiger partial charge >= 0.3 is 6.18 Å². The molecule has 11 heteroatoms. The predicted octanol–water partition coefficient (Wildman–Crippen LogP) is 3.66. The fourth-order valence-electron chi connectivity index (χ4n) is 3.25. The van der Waals surface area contributed by atoms with Crippen molar-refractivity contribution in [2.75, 3.05) is 11.9 Å². The lowest BCUT2D eigenvalue weighted by Gasteiger charge is -2.14. The van der Waals surface area contributed by atoms with Crippen LogP contribution >= 0.6 is 0 Å². The van der Waals surface area contributed by atoms with Gasteiger partial charge in [-0.25, -0.2) is 0 Å². The highest BCUT2D eigenvalue weighted by Crippen LogP contribution is 2.42. The van der Waals surface area contributed by atoms with Crippen LogP contribution in [0.5, 0.6) is 0 Å². The second-order valence-electron chi connectivity index (χ2n) is 8.65. The normalized spacial score (nSPS) is 15.1. The lowest BCUT2D eigenvalue weighted by molar-refractivity contribution is -0.141. The van der Waals surface area contributed by atoms with Crippen molar-refractivity contribution in [3.05, 3.63) is 29.3 Å². The molecule has 0 bridgehead atoms. The van der Waals surface area contributed by atoms with Crippen LogP contribution in [0.3, 0.4) is 0 Å². The Morgan fingerprint density at radius 1 is 1.22 bits per heavy atom. The van der Waals surface area contributed by atoms with Crippen LogP contribution in [0.1, 0.15) is 68.3 Å². The first kappa shape index (κ1) is 23.8. The number of hydrogen-bond acceptors (Lipinski definition) is 4. The quantitative estimate of drug-likeness (QED) is 0.605. The highest BCUT2D eigenvalue weighted by Gasteiger charge is 2.38. The number of carbonyl (C=O) groups excluding carboxylic acids is 2. The number of amides is 2. The summed E-state index contributed by atoms with van der Waals surface area (Å²) >= 11 is 0. The first-order valence-electron chi connectivity index (χ1n) is 10.8. The second-order valence-corrected chi connectivity index (χ2v) is 8.65. The van der Waals surface area contributed by atoms with E-state index >= 15 is 0 Å². The molecule has 0 spiro atoms. The fourth-order valence-corrected chi connectivity index (χ4v) is 3.25. The molecule has 2 amide bonds. The van der Waals surface area contributed by atoms with E-state index in [9.17, 15) is 22.8 Å². The van der Waals surface area contributed by atoms with E-state index in [1.165, 1.54) is 4.68 Å². The third-order valence-electron chi connectivity index (χ3n) is 5.22. The molecule has 2 heterocycles. The molecule has 32 heavy (non-hydrogen) atoms. The van der Waals surface area contributed by atoms with Gasteiger partial charge in [-0.1, -0.05) is 20.8 Å². The van der Waals surface area contributed by atoms with Gasteiger partial charge in [-0.2, -0.15) is 23.4 Å². The van der Waals surface area contributed by atoms with Gasteiger partial charge in [-0.3, -0.25) is 19.0 Å². The third-order valence-corrected chi connectivity index (χ3v) is 5.22. The van der Waals surface area contributed by atoms with Gasteiger partial charge in [0.15, 0.2) is 11.4 Å². The molecule has 2 N–H and O–H groups in total. The van der Waals surface area contributed by atoms with E-state index in [-0.39, 0.29) is 29.8 Å². The maximum atomic E-state index is 13.1. The number of carbonyl (C=O) groups is 2. The molecule has 1 aliphatic rings. The Balaban J connectivity index is 1.73. The molecule has 2 aromatic rings. The van der Waals surface area contributed by atoms with Crippen molar-refractivity contribution in [1.29, 1.82) is 0 Å². The minimum Gasteiger partial charge on any atom is -0.350 e. The SMILES string of the molecule is CCn1cc(NC(=O)C(C)Cn2nc(C(F)(F)F)cc2C2CC2)c(C(=O)NCC(C)C)n1. The number of anilines is 1. The van der Waals surface area contributed by atoms with Gasteiger partial charge in [0.05, 0.1) is 18.2 Å². The molecule has 1 fully saturated rings. The topological polar surface area (TPSA) is 93.8 Å². The highest BCUT2D eigenvalue weighted by atomic mass is 19.4. The minimum atomic E-state index is -4.53. The standard InChI is InChI=1S/C21H29F3N6O2/c1-5-29-11-15(18(28-29)20(32)25-9-12(2)3)26-19(31)13(4)10-30-16(14-6-7-14)8-17(27-30)21(22,23)24/h8,11-14H,5-7,9-10H2,1-4H3,(H,25,32)(H,26,31). The summed E-state index contributed by atoms with van der Waals surface area (Å²) in [4.78, 5) is 25.3. The summed E-state index contributed by atoms with van der Waals surface area (Å²) in [5, 5.41) is 13.4. The Bertz CT molecular complexity index is 975. The fraction of sp³-hybridized carbons (Fsp3) is 0.619. The van der Waals surface area contributed by atoms with E-state index in [0.717, 1.165) is 18.9 Å². The largest absolute Gasteiger partial charge is 0.435 e. The third kappa shape index (κ3) is 5.68. The molecule has 1 aliphatic carbocycles. The van der Waals surface area contributed by atoms with Crippen molar-refractivity contribution >= 4 is 17.5 Å². The molecule has 2 aromatic heterocycles. The van der Waals surface area contributed by atoms with Crippen LogP contribution in [0, 0.1) is 11.8 Å². The van der Waals surface area contributed by atoms with E-state index in [1.807, 2.05) is 20.8 Å². The van der Waals surface area contributed by atoms with Gasteiger partial charge in [-0.05, 0) is 31.7 Å². The van der Waals surface area contributed by atoms with Crippen molar-refractivity contribution in [3.63, 3.8) is 0 Å². The zero-order valence-corrected chi connectivity index (χ0v) is 18.7. The molecule has 0 aromatic carbocycles. The summed E-state index contributed by atoms with van der Waals surface area (Å²) in [7, 11) is 0. The van der Waals surface area contributed by atoms with Crippen molar-refractivity contribution in [2.24, 2.45) is 11.8 Å². The maximum Gasteiger partial charge on any atom is 0.435 e. The zero-order valence-electron chi connectivity index (χ0n) is 18.7. The molecule has 8 nitrogen and oxygen atoms in total. The zero-order chi connectivity index (χ0) is 23.6. The van der Waals surface area contributed by atoms with Crippen LogP contribution in [0.2, 0.25) is 0 Å². The Labute approximate surface area is 184 Å². The minimum absolute atomic E-state index is 0.00450. The van der Waals surface area contributed by atoms with Gasteiger partial charge in [-0.15, -0.1) is 0 Å². The first-order chi connectivity index (χ1) is 15.0. The monoisotopic (exact) mass is 454 g/mol. The van der Waals surface area contributed by atoms with Crippen LogP contribution in [0.4, 0.5) is 18.9 Å². The summed E-state index contributed by atoms with van der Waals surface area (Å²) in [5.74, 6) is -1.20. The molecule has 1 unspecified atom stereocenters. The van der Waals surface area contributed by atoms with E-state index in [1.54, 1.807) is 17.8 Å². The molecule has 176 valence electrons. The van der Waals surface area contributed by atoms with Gasteiger partial charge in [0.2, 0.25) is 5.91 Å². The first-order valence-corrected chi connectivity index (χ1v) is 10.8. The van der Waals surface area contributed by atoms with Crippen molar-refractivity contribution < 1.29 is 22.8 Å². The van der Waals surface area contributed by atoms with Gasteiger partial charge in [0.25, 0.3) is 5.91 Å². The summed E-state index contributed by atoms with van der Waals surface area (Å²) < 4.78 is 42.2. The summed E-state index contributed by atoms with van der Waals surface area (Å²) in [5.41, 5.74) is -0.0705. The average molecular weight is 454 g/mol. The second kappa shape index (κ2) is 9.33. The predicted molar refractivity (Wildman–Crippen MR) is 112 cm³/mol. The molecule has 0 saturated heterocycles. The molecule has 1 atom stereocenters. The van der Waals surface area contributed by atoms with Gasteiger partial charge in [0, 0.05) is 30.9 Å². The van der Waals surface area contributed by atoms with Crippen LogP contribution in [0.25, 0.3) is 0 Å². The molecule has 3 rings (SSSR count). The van der Waals surface area contributed by atoms with Crippen molar-refractivity contribution in [2.45, 2.75) is 65.7 Å². The molecular weight excluding hydrogens is 425 g/mol. The average Bonchev–Trinajstić information content (AvgIpc) is 3.33. The highest BCUT2D eigenvalue weighted by molar-refractivity contribution is 6.02. The molecule has 1 saturated carbocycles. The number of hydrogen-bond donors (Lipinski definition) is 2. The number of aromatic nitrogens is 4. The van der Waals surface area contributed by atoms with Crippen molar-refractivity contribution in [3.8, 4) is 0 Å². The Kier molecular flexibility index (Phi) is 6.94. The lowest BCUT2D eigenvalue weighted by atomic mass is 10.1. The van der Waals surface area contributed by atoms with E-state index in [2.05, 4.69) is 20.8 Å². The summed E-state index contributed by atoms with van der Waals surface area (Å²) in [6, 6.07) is 1.07. The van der Waals surface area contributed by atoms with Crippen molar-refractivity contribution in [1.82, 2.24) is 24.9 Å². The Hall–Kier alpha value is -2.85. The smallest absolute Gasteiger partial charge is 0.350 e. The number of nitrogens with one attached hydrogen (secondary N) is 2. The van der Waals surface area contributed by atoms with Crippen LogP contribution in [0.15, 0.2) is 12.3 Å². The van der Waals surface area contributed by atoms with E-state index < -0.39 is 29.6 Å². The summed E-state index contributed by atoms with van der Waals surface area (Å²) in [6.45, 7) is 8.37. The molecule has 0 aliphatic heterocycles. The number of rotatable bonds is 9. The summed E-state index contributed by atoms with van der Waals surface area (Å²) in [6.07, 6.45) is -1.34. The lowest BCUT2D eigenvalue weighted by Crippen LogP contribution is -2.30. The maximum absolute atomic E-state index is 13.1. The van der Waals surface area contributed by atoms with Crippen LogP contribution in [-0.2, 0) is 24.1 Å². The number of aryl methyl sites for hydroxylation is 1. The number of nitrogens with zero attached hydrogens (tertiary/aromatic N) is 4.